The molecule has 146 valence electrons. The molecule has 0 saturated heterocycles. The summed E-state index contributed by atoms with van der Waals surface area (Å²) in [5.41, 5.74) is 1.82. The minimum Gasteiger partial charge on any atom is -0.494 e. The number of carbonyl (C=O) groups excluding carboxylic acids is 1. The van der Waals surface area contributed by atoms with Crippen LogP contribution in [-0.2, 0) is 11.3 Å². The highest BCUT2D eigenvalue weighted by molar-refractivity contribution is 7.10. The van der Waals surface area contributed by atoms with Gasteiger partial charge in [0.05, 0.1) is 19.7 Å². The Morgan fingerprint density at radius 1 is 1.18 bits per heavy atom. The van der Waals surface area contributed by atoms with Crippen molar-refractivity contribution in [2.45, 2.75) is 12.6 Å². The Morgan fingerprint density at radius 2 is 1.96 bits per heavy atom. The summed E-state index contributed by atoms with van der Waals surface area (Å²) in [5.74, 6) is -0.274. The van der Waals surface area contributed by atoms with Crippen molar-refractivity contribution in [3.05, 3.63) is 87.9 Å². The molecule has 1 unspecified atom stereocenters. The molecule has 1 heterocycles. The van der Waals surface area contributed by atoms with Crippen LogP contribution in [0.1, 0.15) is 22.0 Å². The quantitative estimate of drug-likeness (QED) is 0.617. The van der Waals surface area contributed by atoms with Gasteiger partial charge in [-0.1, -0.05) is 42.5 Å². The summed E-state index contributed by atoms with van der Waals surface area (Å²) < 4.78 is 18.8. The van der Waals surface area contributed by atoms with Gasteiger partial charge in [-0.25, -0.2) is 4.39 Å². The molecule has 28 heavy (non-hydrogen) atoms. The van der Waals surface area contributed by atoms with Gasteiger partial charge in [0.25, 0.3) is 0 Å². The van der Waals surface area contributed by atoms with E-state index in [1.165, 1.54) is 13.2 Å². The number of benzene rings is 2. The molecule has 2 aromatic carbocycles. The second-order valence-electron chi connectivity index (χ2n) is 6.57. The van der Waals surface area contributed by atoms with E-state index in [9.17, 15) is 9.18 Å². The van der Waals surface area contributed by atoms with E-state index in [1.54, 1.807) is 23.5 Å². The van der Waals surface area contributed by atoms with Crippen molar-refractivity contribution >= 4 is 17.2 Å². The van der Waals surface area contributed by atoms with Crippen LogP contribution in [0.15, 0.2) is 66.0 Å². The van der Waals surface area contributed by atoms with Crippen molar-refractivity contribution in [2.24, 2.45) is 0 Å². The predicted octanol–water partition coefficient (Wildman–Crippen LogP) is 4.23. The van der Waals surface area contributed by atoms with E-state index in [0.29, 0.717) is 6.54 Å². The van der Waals surface area contributed by atoms with Crippen LogP contribution in [0, 0.1) is 5.82 Å². The van der Waals surface area contributed by atoms with E-state index in [-0.39, 0.29) is 24.2 Å². The van der Waals surface area contributed by atoms with Crippen molar-refractivity contribution in [2.75, 3.05) is 20.7 Å². The number of halogens is 1. The van der Waals surface area contributed by atoms with Gasteiger partial charge in [0.1, 0.15) is 0 Å². The van der Waals surface area contributed by atoms with Gasteiger partial charge in [-0.2, -0.15) is 0 Å². The van der Waals surface area contributed by atoms with Crippen LogP contribution in [0.25, 0.3) is 0 Å². The Kier molecular flexibility index (Phi) is 6.79. The van der Waals surface area contributed by atoms with Crippen LogP contribution in [0.2, 0.25) is 0 Å². The van der Waals surface area contributed by atoms with Crippen molar-refractivity contribution in [1.29, 1.82) is 0 Å². The van der Waals surface area contributed by atoms with Crippen molar-refractivity contribution in [3.63, 3.8) is 0 Å². The Bertz CT molecular complexity index is 900. The molecule has 0 radical (unpaired) electrons. The number of amides is 1. The molecule has 1 atom stereocenters. The molecule has 1 N–H and O–H groups in total. The van der Waals surface area contributed by atoms with Crippen LogP contribution < -0.4 is 10.1 Å². The maximum absolute atomic E-state index is 13.9. The fraction of sp³-hybridized carbons (Fsp3) is 0.227. The SMILES string of the molecule is COc1ccc(CN(C)CC(=O)NC(c2ccccc2)c2cccs2)cc1F. The lowest BCUT2D eigenvalue weighted by molar-refractivity contribution is -0.122. The van der Waals surface area contributed by atoms with Gasteiger partial charge in [-0.3, -0.25) is 9.69 Å². The van der Waals surface area contributed by atoms with Crippen molar-refractivity contribution < 1.29 is 13.9 Å². The maximum Gasteiger partial charge on any atom is 0.234 e. The zero-order chi connectivity index (χ0) is 19.9. The highest BCUT2D eigenvalue weighted by Crippen LogP contribution is 2.26. The van der Waals surface area contributed by atoms with Crippen LogP contribution in [-0.4, -0.2) is 31.5 Å². The summed E-state index contributed by atoms with van der Waals surface area (Å²) in [7, 11) is 3.27. The van der Waals surface area contributed by atoms with Gasteiger partial charge in [-0.05, 0) is 41.8 Å². The lowest BCUT2D eigenvalue weighted by Gasteiger charge is -2.21. The molecule has 0 fully saturated rings. The number of methoxy groups -OCH3 is 1. The molecule has 1 amide bonds. The Labute approximate surface area is 168 Å². The van der Waals surface area contributed by atoms with E-state index in [0.717, 1.165) is 16.0 Å². The summed E-state index contributed by atoms with van der Waals surface area (Å²) in [5, 5.41) is 5.12. The molecular weight excluding hydrogens is 375 g/mol. The molecule has 4 nitrogen and oxygen atoms in total. The number of rotatable bonds is 8. The monoisotopic (exact) mass is 398 g/mol. The number of ether oxygens (including phenoxy) is 1. The van der Waals surface area contributed by atoms with Gasteiger partial charge in [0, 0.05) is 11.4 Å². The molecule has 3 aromatic rings. The van der Waals surface area contributed by atoms with Gasteiger partial charge in [0.2, 0.25) is 5.91 Å². The lowest BCUT2D eigenvalue weighted by atomic mass is 10.1. The summed E-state index contributed by atoms with van der Waals surface area (Å²) in [4.78, 5) is 15.6. The molecule has 0 bridgehead atoms. The first-order valence-corrected chi connectivity index (χ1v) is 9.83. The Hall–Kier alpha value is -2.70. The third-order valence-corrected chi connectivity index (χ3v) is 5.29. The summed E-state index contributed by atoms with van der Waals surface area (Å²) in [6.07, 6.45) is 0. The standard InChI is InChI=1S/C22H23FN2O2S/c1-25(14-16-10-11-19(27-2)18(23)13-16)15-21(26)24-22(20-9-6-12-28-20)17-7-4-3-5-8-17/h3-13,22H,14-15H2,1-2H3,(H,24,26). The molecule has 3 rings (SSSR count). The lowest BCUT2D eigenvalue weighted by Crippen LogP contribution is -2.37. The number of hydrogen-bond donors (Lipinski definition) is 1. The second-order valence-corrected chi connectivity index (χ2v) is 7.55. The summed E-state index contributed by atoms with van der Waals surface area (Å²) in [6, 6.07) is 18.6. The number of likely N-dealkylation sites (N-methyl/N-ethyl adjacent to an activating group) is 1. The van der Waals surface area contributed by atoms with Crippen molar-refractivity contribution in [3.8, 4) is 5.75 Å². The third kappa shape index (κ3) is 5.18. The van der Waals surface area contributed by atoms with E-state index in [4.69, 9.17) is 4.74 Å². The van der Waals surface area contributed by atoms with E-state index in [1.807, 2.05) is 59.8 Å². The fourth-order valence-electron chi connectivity index (χ4n) is 3.05. The molecule has 0 aliphatic carbocycles. The Balaban J connectivity index is 1.63. The van der Waals surface area contributed by atoms with Crippen LogP contribution in [0.5, 0.6) is 5.75 Å². The summed E-state index contributed by atoms with van der Waals surface area (Å²) in [6.45, 7) is 0.672. The van der Waals surface area contributed by atoms with E-state index >= 15 is 0 Å². The minimum atomic E-state index is -0.403. The van der Waals surface area contributed by atoms with E-state index in [2.05, 4.69) is 5.32 Å². The van der Waals surface area contributed by atoms with Gasteiger partial charge < -0.3 is 10.1 Å². The van der Waals surface area contributed by atoms with Crippen LogP contribution in [0.3, 0.4) is 0 Å². The van der Waals surface area contributed by atoms with Crippen LogP contribution >= 0.6 is 11.3 Å². The maximum atomic E-state index is 13.9. The number of carbonyl (C=O) groups is 1. The topological polar surface area (TPSA) is 41.6 Å². The first kappa shape index (κ1) is 20.0. The number of nitrogens with one attached hydrogen (secondary N) is 1. The highest BCUT2D eigenvalue weighted by Gasteiger charge is 2.18. The minimum absolute atomic E-state index is 0.0845. The highest BCUT2D eigenvalue weighted by atomic mass is 32.1. The smallest absolute Gasteiger partial charge is 0.234 e. The first-order chi connectivity index (χ1) is 13.6. The predicted molar refractivity (Wildman–Crippen MR) is 110 cm³/mol. The van der Waals surface area contributed by atoms with Gasteiger partial charge in [0.15, 0.2) is 11.6 Å². The second kappa shape index (κ2) is 9.48. The van der Waals surface area contributed by atoms with Gasteiger partial charge in [-0.15, -0.1) is 11.3 Å². The number of hydrogen-bond acceptors (Lipinski definition) is 4. The fourth-order valence-corrected chi connectivity index (χ4v) is 3.85. The molecule has 0 saturated carbocycles. The number of nitrogens with zero attached hydrogens (tertiary/aromatic N) is 1. The zero-order valence-electron chi connectivity index (χ0n) is 15.9. The normalized spacial score (nSPS) is 12.0. The summed E-state index contributed by atoms with van der Waals surface area (Å²) >= 11 is 1.61. The Morgan fingerprint density at radius 3 is 2.61 bits per heavy atom. The zero-order valence-corrected chi connectivity index (χ0v) is 16.7. The van der Waals surface area contributed by atoms with Crippen LogP contribution in [0.4, 0.5) is 4.39 Å². The van der Waals surface area contributed by atoms with Gasteiger partial charge >= 0.3 is 0 Å². The largest absolute Gasteiger partial charge is 0.494 e. The molecule has 1 aromatic heterocycles. The average molecular weight is 399 g/mol. The molecule has 6 heteroatoms. The number of thiophene rings is 1. The molecule has 0 aliphatic rings. The molecule has 0 aliphatic heterocycles. The van der Waals surface area contributed by atoms with E-state index < -0.39 is 5.82 Å². The first-order valence-electron chi connectivity index (χ1n) is 8.95. The molecular formula is C22H23FN2O2S. The molecule has 0 spiro atoms. The van der Waals surface area contributed by atoms with Crippen molar-refractivity contribution in [1.82, 2.24) is 10.2 Å². The average Bonchev–Trinajstić information content (AvgIpc) is 3.21. The third-order valence-electron chi connectivity index (χ3n) is 4.35.